The number of hydrogen-bond acceptors (Lipinski definition) is 2. The fourth-order valence-electron chi connectivity index (χ4n) is 1.53. The molecule has 1 aromatic rings. The van der Waals surface area contributed by atoms with E-state index in [1.54, 1.807) is 11.9 Å². The molecular weight excluding hydrogens is 271 g/mol. The molecule has 1 aromatic carbocycles. The van der Waals surface area contributed by atoms with Gasteiger partial charge in [-0.05, 0) is 23.6 Å². The molecule has 18 heavy (non-hydrogen) atoms. The maximum atomic E-state index is 11.9. The number of nitrogens with two attached hydrogens (primary N) is 1. The van der Waals surface area contributed by atoms with Gasteiger partial charge in [0.1, 0.15) is 0 Å². The number of carbonyl (C=O) groups is 1. The first-order valence-corrected chi connectivity index (χ1v) is 6.04. The quantitative estimate of drug-likeness (QED) is 0.927. The molecule has 0 aliphatic rings. The Balaban J connectivity index is 0.00000289. The van der Waals surface area contributed by atoms with Crippen LogP contribution in [0.4, 0.5) is 0 Å². The second kappa shape index (κ2) is 7.62. The molecule has 2 N–H and O–H groups in total. The predicted molar refractivity (Wildman–Crippen MR) is 78.0 cm³/mol. The lowest BCUT2D eigenvalue weighted by atomic mass is 10.0. The normalized spacial score (nSPS) is 11.9. The maximum absolute atomic E-state index is 11.9. The van der Waals surface area contributed by atoms with Crippen molar-refractivity contribution in [2.45, 2.75) is 26.4 Å². The molecule has 0 bridgehead atoms. The Kier molecular flexibility index (Phi) is 7.29. The van der Waals surface area contributed by atoms with E-state index in [2.05, 4.69) is 0 Å². The summed E-state index contributed by atoms with van der Waals surface area (Å²) in [7, 11) is 1.76. The summed E-state index contributed by atoms with van der Waals surface area (Å²) in [5.41, 5.74) is 6.83. The summed E-state index contributed by atoms with van der Waals surface area (Å²) in [6.45, 7) is 4.41. The van der Waals surface area contributed by atoms with Gasteiger partial charge in [0, 0.05) is 18.6 Å². The van der Waals surface area contributed by atoms with Crippen LogP contribution in [-0.2, 0) is 11.3 Å². The third-order valence-electron chi connectivity index (χ3n) is 2.69. The standard InChI is InChI=1S/C13H19ClN2O.ClH/c1-9(2)12(15)13(17)16(3)8-10-5-4-6-11(14)7-10;/h4-7,9,12H,8,15H2,1-3H3;1H. The van der Waals surface area contributed by atoms with E-state index in [4.69, 9.17) is 17.3 Å². The smallest absolute Gasteiger partial charge is 0.239 e. The first kappa shape index (κ1) is 17.2. The fraction of sp³-hybridized carbons (Fsp3) is 0.462. The Morgan fingerprint density at radius 3 is 2.56 bits per heavy atom. The van der Waals surface area contributed by atoms with Gasteiger partial charge in [0.2, 0.25) is 5.91 Å². The van der Waals surface area contributed by atoms with E-state index in [9.17, 15) is 4.79 Å². The lowest BCUT2D eigenvalue weighted by molar-refractivity contribution is -0.132. The highest BCUT2D eigenvalue weighted by Crippen LogP contribution is 2.13. The van der Waals surface area contributed by atoms with Crippen molar-refractivity contribution in [2.75, 3.05) is 7.05 Å². The van der Waals surface area contributed by atoms with Crippen LogP contribution in [0.15, 0.2) is 24.3 Å². The van der Waals surface area contributed by atoms with Gasteiger partial charge < -0.3 is 10.6 Å². The lowest BCUT2D eigenvalue weighted by Crippen LogP contribution is -2.44. The average molecular weight is 291 g/mol. The first-order chi connectivity index (χ1) is 7.91. The van der Waals surface area contributed by atoms with Crippen LogP contribution in [0.25, 0.3) is 0 Å². The van der Waals surface area contributed by atoms with Crippen molar-refractivity contribution in [1.29, 1.82) is 0 Å². The number of halogens is 2. The highest BCUT2D eigenvalue weighted by molar-refractivity contribution is 6.30. The van der Waals surface area contributed by atoms with Gasteiger partial charge in [0.05, 0.1) is 6.04 Å². The summed E-state index contributed by atoms with van der Waals surface area (Å²) >= 11 is 5.89. The Labute approximate surface area is 120 Å². The second-order valence-electron chi connectivity index (χ2n) is 4.59. The summed E-state index contributed by atoms with van der Waals surface area (Å²) in [6.07, 6.45) is 0. The Morgan fingerprint density at radius 2 is 2.06 bits per heavy atom. The zero-order valence-electron chi connectivity index (χ0n) is 10.9. The van der Waals surface area contributed by atoms with Crippen molar-refractivity contribution >= 4 is 29.9 Å². The fourth-order valence-corrected chi connectivity index (χ4v) is 1.74. The molecule has 0 saturated carbocycles. The van der Waals surface area contributed by atoms with Crippen molar-refractivity contribution in [3.63, 3.8) is 0 Å². The van der Waals surface area contributed by atoms with E-state index in [1.807, 2.05) is 38.1 Å². The summed E-state index contributed by atoms with van der Waals surface area (Å²) in [5, 5.41) is 0.677. The molecule has 1 atom stereocenters. The SMILES string of the molecule is CC(C)C(N)C(=O)N(C)Cc1cccc(Cl)c1.Cl. The number of rotatable bonds is 4. The van der Waals surface area contributed by atoms with Gasteiger partial charge in [0.25, 0.3) is 0 Å². The summed E-state index contributed by atoms with van der Waals surface area (Å²) in [5.74, 6) is 0.101. The van der Waals surface area contributed by atoms with E-state index >= 15 is 0 Å². The molecule has 102 valence electrons. The lowest BCUT2D eigenvalue weighted by Gasteiger charge is -2.23. The third-order valence-corrected chi connectivity index (χ3v) is 2.92. The molecule has 0 aliphatic heterocycles. The minimum atomic E-state index is -0.445. The van der Waals surface area contributed by atoms with Gasteiger partial charge >= 0.3 is 0 Å². The second-order valence-corrected chi connectivity index (χ2v) is 5.03. The highest BCUT2D eigenvalue weighted by Gasteiger charge is 2.20. The van der Waals surface area contributed by atoms with Crippen LogP contribution in [-0.4, -0.2) is 23.9 Å². The van der Waals surface area contributed by atoms with Gasteiger partial charge in [-0.2, -0.15) is 0 Å². The van der Waals surface area contributed by atoms with Crippen molar-refractivity contribution in [1.82, 2.24) is 4.90 Å². The van der Waals surface area contributed by atoms with Gasteiger partial charge in [0.15, 0.2) is 0 Å². The van der Waals surface area contributed by atoms with E-state index in [-0.39, 0.29) is 24.2 Å². The topological polar surface area (TPSA) is 46.3 Å². The molecule has 0 fully saturated rings. The number of likely N-dealkylation sites (N-methyl/N-ethyl adjacent to an activating group) is 1. The summed E-state index contributed by atoms with van der Waals surface area (Å²) in [4.78, 5) is 13.6. The minimum Gasteiger partial charge on any atom is -0.340 e. The summed E-state index contributed by atoms with van der Waals surface area (Å²) < 4.78 is 0. The molecular formula is C13H20Cl2N2O. The van der Waals surface area contributed by atoms with Crippen LogP contribution in [0.3, 0.4) is 0 Å². The molecule has 0 spiro atoms. The molecule has 0 aromatic heterocycles. The number of benzene rings is 1. The molecule has 1 rings (SSSR count). The van der Waals surface area contributed by atoms with Crippen LogP contribution in [0, 0.1) is 5.92 Å². The van der Waals surface area contributed by atoms with Gasteiger partial charge in [-0.15, -0.1) is 12.4 Å². The number of hydrogen-bond donors (Lipinski definition) is 1. The van der Waals surface area contributed by atoms with Crippen molar-refractivity contribution in [2.24, 2.45) is 11.7 Å². The van der Waals surface area contributed by atoms with Gasteiger partial charge in [-0.25, -0.2) is 0 Å². The maximum Gasteiger partial charge on any atom is 0.239 e. The van der Waals surface area contributed by atoms with Crippen LogP contribution >= 0.6 is 24.0 Å². The Morgan fingerprint density at radius 1 is 1.44 bits per heavy atom. The largest absolute Gasteiger partial charge is 0.340 e. The number of nitrogens with zero attached hydrogens (tertiary/aromatic N) is 1. The van der Waals surface area contributed by atoms with E-state index < -0.39 is 6.04 Å². The molecule has 1 amide bonds. The molecule has 3 nitrogen and oxygen atoms in total. The molecule has 0 heterocycles. The predicted octanol–water partition coefficient (Wildman–Crippen LogP) is 2.70. The van der Waals surface area contributed by atoms with Crippen molar-refractivity contribution in [3.8, 4) is 0 Å². The minimum absolute atomic E-state index is 0. The molecule has 5 heteroatoms. The first-order valence-electron chi connectivity index (χ1n) is 5.67. The van der Waals surface area contributed by atoms with Crippen LogP contribution < -0.4 is 5.73 Å². The van der Waals surface area contributed by atoms with E-state index in [1.165, 1.54) is 0 Å². The third kappa shape index (κ3) is 4.84. The van der Waals surface area contributed by atoms with E-state index in [0.29, 0.717) is 11.6 Å². The van der Waals surface area contributed by atoms with E-state index in [0.717, 1.165) is 5.56 Å². The monoisotopic (exact) mass is 290 g/mol. The number of carbonyl (C=O) groups excluding carboxylic acids is 1. The highest BCUT2D eigenvalue weighted by atomic mass is 35.5. The molecule has 0 saturated heterocycles. The average Bonchev–Trinajstić information content (AvgIpc) is 2.26. The number of amides is 1. The van der Waals surface area contributed by atoms with Crippen molar-refractivity contribution < 1.29 is 4.79 Å². The zero-order chi connectivity index (χ0) is 13.0. The van der Waals surface area contributed by atoms with Crippen LogP contribution in [0.2, 0.25) is 5.02 Å². The van der Waals surface area contributed by atoms with Gasteiger partial charge in [-0.3, -0.25) is 4.79 Å². The van der Waals surface area contributed by atoms with Crippen molar-refractivity contribution in [3.05, 3.63) is 34.9 Å². The van der Waals surface area contributed by atoms with Crippen LogP contribution in [0.1, 0.15) is 19.4 Å². The molecule has 0 radical (unpaired) electrons. The molecule has 1 unspecified atom stereocenters. The Bertz CT molecular complexity index is 396. The van der Waals surface area contributed by atoms with Crippen LogP contribution in [0.5, 0.6) is 0 Å². The molecule has 0 aliphatic carbocycles. The zero-order valence-corrected chi connectivity index (χ0v) is 12.5. The van der Waals surface area contributed by atoms with Gasteiger partial charge in [-0.1, -0.05) is 37.6 Å². The summed E-state index contributed by atoms with van der Waals surface area (Å²) in [6, 6.07) is 7.03. The Hall–Kier alpha value is -0.770.